The van der Waals surface area contributed by atoms with Gasteiger partial charge in [0, 0.05) is 22.4 Å². The molecule has 160 valence electrons. The molecule has 7 heteroatoms. The molecule has 0 aliphatic heterocycles. The number of rotatable bonds is 4. The van der Waals surface area contributed by atoms with E-state index in [-0.39, 0.29) is 12.1 Å². The molecular weight excluding hydrogens is 424 g/mol. The maximum atomic E-state index is 13.5. The first-order valence-corrected chi connectivity index (χ1v) is 11.0. The van der Waals surface area contributed by atoms with E-state index in [0.717, 1.165) is 39.0 Å². The van der Waals surface area contributed by atoms with Gasteiger partial charge in [-0.25, -0.2) is 9.78 Å². The first-order chi connectivity index (χ1) is 15.4. The lowest BCUT2D eigenvalue weighted by molar-refractivity contribution is 0.415. The molecule has 32 heavy (non-hydrogen) atoms. The summed E-state index contributed by atoms with van der Waals surface area (Å²) in [6.07, 6.45) is 1.54. The van der Waals surface area contributed by atoms with Gasteiger partial charge in [0.05, 0.1) is 25.4 Å². The molecule has 3 aromatic heterocycles. The van der Waals surface area contributed by atoms with E-state index in [1.807, 2.05) is 55.6 Å². The van der Waals surface area contributed by atoms with Crippen molar-refractivity contribution in [2.75, 3.05) is 7.11 Å². The summed E-state index contributed by atoms with van der Waals surface area (Å²) in [6.45, 7) is 4.21. The Morgan fingerprint density at radius 3 is 2.56 bits per heavy atom. The molecule has 0 saturated carbocycles. The molecule has 0 bridgehead atoms. The third-order valence-corrected chi connectivity index (χ3v) is 6.63. The van der Waals surface area contributed by atoms with Crippen LogP contribution < -0.4 is 15.9 Å². The maximum Gasteiger partial charge on any atom is 0.336 e. The fourth-order valence-electron chi connectivity index (χ4n) is 3.86. The van der Waals surface area contributed by atoms with Crippen molar-refractivity contribution in [1.82, 2.24) is 9.55 Å². The zero-order valence-electron chi connectivity index (χ0n) is 17.8. The van der Waals surface area contributed by atoms with Gasteiger partial charge >= 0.3 is 5.63 Å². The van der Waals surface area contributed by atoms with Crippen LogP contribution in [0.15, 0.2) is 68.2 Å². The third kappa shape index (κ3) is 3.40. The molecule has 0 atom stereocenters. The number of thiophene rings is 1. The number of aryl methyl sites for hydroxylation is 2. The summed E-state index contributed by atoms with van der Waals surface area (Å²) in [5, 5.41) is 3.34. The number of methoxy groups -OCH3 is 1. The van der Waals surface area contributed by atoms with Gasteiger partial charge in [-0.3, -0.25) is 9.36 Å². The predicted octanol–water partition coefficient (Wildman–Crippen LogP) is 4.91. The third-order valence-electron chi connectivity index (χ3n) is 5.75. The number of aromatic nitrogens is 2. The van der Waals surface area contributed by atoms with Crippen LogP contribution in [0.1, 0.15) is 16.7 Å². The van der Waals surface area contributed by atoms with Gasteiger partial charge in [0.25, 0.3) is 5.56 Å². The van der Waals surface area contributed by atoms with Crippen LogP contribution in [0.3, 0.4) is 0 Å². The Hall–Kier alpha value is -3.71. The molecule has 5 aromatic rings. The number of ether oxygens (including phenoxy) is 1. The van der Waals surface area contributed by atoms with Crippen molar-refractivity contribution in [1.29, 1.82) is 0 Å². The summed E-state index contributed by atoms with van der Waals surface area (Å²) in [4.78, 5) is 30.8. The molecule has 0 fully saturated rings. The Bertz CT molecular complexity index is 1590. The van der Waals surface area contributed by atoms with Gasteiger partial charge in [0.1, 0.15) is 16.2 Å². The predicted molar refractivity (Wildman–Crippen MR) is 127 cm³/mol. The minimum absolute atomic E-state index is 0.146. The zero-order valence-corrected chi connectivity index (χ0v) is 18.7. The summed E-state index contributed by atoms with van der Waals surface area (Å²) in [7, 11) is 1.62. The largest absolute Gasteiger partial charge is 0.497 e. The molecule has 0 amide bonds. The standard InChI is InChI=1S/C25H20N2O4S/c1-14-8-19-17(10-22(28)31-21(19)9-15(14)2)11-27-13-26-24-23(25(27)29)20(12-32-24)16-4-6-18(30-3)7-5-16/h4-10,12-13H,11H2,1-3H3. The number of hydrogen-bond acceptors (Lipinski definition) is 6. The van der Waals surface area contributed by atoms with Crippen LogP contribution in [0.5, 0.6) is 5.75 Å². The van der Waals surface area contributed by atoms with Crippen LogP contribution in [-0.2, 0) is 6.54 Å². The smallest absolute Gasteiger partial charge is 0.336 e. The molecule has 5 rings (SSSR count). The van der Waals surface area contributed by atoms with Gasteiger partial charge in [-0.15, -0.1) is 11.3 Å². The van der Waals surface area contributed by atoms with E-state index in [4.69, 9.17) is 9.15 Å². The monoisotopic (exact) mass is 444 g/mol. The topological polar surface area (TPSA) is 74.3 Å². The number of fused-ring (bicyclic) bond motifs is 2. The van der Waals surface area contributed by atoms with E-state index in [2.05, 4.69) is 4.98 Å². The highest BCUT2D eigenvalue weighted by Gasteiger charge is 2.15. The second kappa shape index (κ2) is 7.76. The Morgan fingerprint density at radius 2 is 1.81 bits per heavy atom. The summed E-state index contributed by atoms with van der Waals surface area (Å²) in [6, 6.07) is 12.9. The Morgan fingerprint density at radius 1 is 1.06 bits per heavy atom. The number of nitrogens with zero attached hydrogens (tertiary/aromatic N) is 2. The van der Waals surface area contributed by atoms with Gasteiger partial charge in [0.2, 0.25) is 0 Å². The van der Waals surface area contributed by atoms with E-state index >= 15 is 0 Å². The molecule has 6 nitrogen and oxygen atoms in total. The summed E-state index contributed by atoms with van der Waals surface area (Å²) < 4.78 is 12.2. The molecule has 3 heterocycles. The molecule has 0 spiro atoms. The number of hydrogen-bond donors (Lipinski definition) is 0. The van der Waals surface area contributed by atoms with Crippen LogP contribution in [0, 0.1) is 13.8 Å². The van der Waals surface area contributed by atoms with E-state index in [9.17, 15) is 9.59 Å². The highest BCUT2D eigenvalue weighted by Crippen LogP contribution is 2.31. The van der Waals surface area contributed by atoms with E-state index < -0.39 is 5.63 Å². The molecule has 0 radical (unpaired) electrons. The Kier molecular flexibility index (Phi) is 4.90. The Labute approximate surface area is 187 Å². The molecule has 0 unspecified atom stereocenters. The second-order valence-corrected chi connectivity index (χ2v) is 8.62. The minimum Gasteiger partial charge on any atom is -0.497 e. The fourth-order valence-corrected chi connectivity index (χ4v) is 4.77. The van der Waals surface area contributed by atoms with Gasteiger partial charge in [0.15, 0.2) is 0 Å². The van der Waals surface area contributed by atoms with Gasteiger partial charge in [-0.05, 0) is 60.4 Å². The van der Waals surface area contributed by atoms with Crippen molar-refractivity contribution >= 4 is 32.5 Å². The van der Waals surface area contributed by atoms with E-state index in [0.29, 0.717) is 15.8 Å². The second-order valence-electron chi connectivity index (χ2n) is 7.76. The molecule has 0 aliphatic rings. The SMILES string of the molecule is COc1ccc(-c2csc3ncn(Cc4cc(=O)oc5cc(C)c(C)cc45)c(=O)c23)cc1. The lowest BCUT2D eigenvalue weighted by Crippen LogP contribution is -2.21. The highest BCUT2D eigenvalue weighted by atomic mass is 32.1. The minimum atomic E-state index is -0.438. The van der Waals surface area contributed by atoms with Crippen LogP contribution in [0.25, 0.3) is 32.3 Å². The van der Waals surface area contributed by atoms with Crippen LogP contribution in [0.2, 0.25) is 0 Å². The van der Waals surface area contributed by atoms with E-state index in [1.165, 1.54) is 17.4 Å². The molecule has 0 saturated heterocycles. The average Bonchev–Trinajstić information content (AvgIpc) is 3.22. The Balaban J connectivity index is 1.65. The summed E-state index contributed by atoms with van der Waals surface area (Å²) in [5.41, 5.74) is 4.55. The van der Waals surface area contributed by atoms with Crippen LogP contribution >= 0.6 is 11.3 Å². The highest BCUT2D eigenvalue weighted by molar-refractivity contribution is 7.17. The molecule has 0 aliphatic carbocycles. The van der Waals surface area contributed by atoms with Crippen molar-refractivity contribution in [3.63, 3.8) is 0 Å². The van der Waals surface area contributed by atoms with Crippen molar-refractivity contribution < 1.29 is 9.15 Å². The molecular formula is C25H20N2O4S. The molecule has 0 N–H and O–H groups in total. The van der Waals surface area contributed by atoms with Gasteiger partial charge in [-0.2, -0.15) is 0 Å². The zero-order chi connectivity index (χ0) is 22.4. The first-order valence-electron chi connectivity index (χ1n) is 10.1. The van der Waals surface area contributed by atoms with Crippen LogP contribution in [-0.4, -0.2) is 16.7 Å². The fraction of sp³-hybridized carbons (Fsp3) is 0.160. The van der Waals surface area contributed by atoms with E-state index in [1.54, 1.807) is 18.0 Å². The quantitative estimate of drug-likeness (QED) is 0.369. The number of benzene rings is 2. The summed E-state index contributed by atoms with van der Waals surface area (Å²) >= 11 is 1.44. The van der Waals surface area contributed by atoms with Crippen LogP contribution in [0.4, 0.5) is 0 Å². The maximum absolute atomic E-state index is 13.5. The van der Waals surface area contributed by atoms with Crippen molar-refractivity contribution in [2.45, 2.75) is 20.4 Å². The van der Waals surface area contributed by atoms with Crippen molar-refractivity contribution in [3.8, 4) is 16.9 Å². The first kappa shape index (κ1) is 20.2. The normalized spacial score (nSPS) is 11.3. The van der Waals surface area contributed by atoms with Crippen molar-refractivity contribution in [2.24, 2.45) is 0 Å². The average molecular weight is 445 g/mol. The van der Waals surface area contributed by atoms with Crippen molar-refractivity contribution in [3.05, 3.63) is 91.6 Å². The molecule has 2 aromatic carbocycles. The lowest BCUT2D eigenvalue weighted by Gasteiger charge is -2.10. The van der Waals surface area contributed by atoms with Gasteiger partial charge < -0.3 is 9.15 Å². The van der Waals surface area contributed by atoms with Gasteiger partial charge in [-0.1, -0.05) is 12.1 Å². The lowest BCUT2D eigenvalue weighted by atomic mass is 10.0. The summed E-state index contributed by atoms with van der Waals surface area (Å²) in [5.74, 6) is 0.754.